The van der Waals surface area contributed by atoms with Gasteiger partial charge in [-0.05, 0) is 65.8 Å². The second-order valence-electron chi connectivity index (χ2n) is 6.42. The number of rotatable bonds is 7. The van der Waals surface area contributed by atoms with E-state index in [1.165, 1.54) is 5.56 Å². The molecule has 0 saturated heterocycles. The number of unbranched alkanes of at least 4 members (excludes halogenated alkanes) is 1. The van der Waals surface area contributed by atoms with Gasteiger partial charge in [0.1, 0.15) is 0 Å². The fourth-order valence-electron chi connectivity index (χ4n) is 2.85. The molecule has 2 heteroatoms. The summed E-state index contributed by atoms with van der Waals surface area (Å²) in [5.74, 6) is 0. The lowest BCUT2D eigenvalue weighted by molar-refractivity contribution is 0.844. The Labute approximate surface area is 161 Å². The van der Waals surface area contributed by atoms with E-state index >= 15 is 0 Å². The SMILES string of the molecule is C=CCCCc1ccc(C=Nc2ccc(-c3ccc(C#N)cc3)cc2)cc1. The van der Waals surface area contributed by atoms with E-state index in [9.17, 15) is 0 Å². The number of allylic oxidation sites excluding steroid dienone is 1. The largest absolute Gasteiger partial charge is 0.256 e. The average molecular weight is 350 g/mol. The minimum atomic E-state index is 0.673. The molecule has 3 aromatic carbocycles. The molecule has 0 aliphatic heterocycles. The highest BCUT2D eigenvalue weighted by atomic mass is 14.7. The Morgan fingerprint density at radius 2 is 1.48 bits per heavy atom. The van der Waals surface area contributed by atoms with Crippen LogP contribution in [0.25, 0.3) is 11.1 Å². The standard InChI is InChI=1S/C25H22N2/c1-2-3-4-5-20-6-8-22(9-7-20)19-27-25-16-14-24(15-17-25)23-12-10-21(18-26)11-13-23/h2,6-17,19H,1,3-5H2. The van der Waals surface area contributed by atoms with Crippen LogP contribution >= 0.6 is 0 Å². The summed E-state index contributed by atoms with van der Waals surface area (Å²) in [5.41, 5.74) is 6.24. The molecular formula is C25H22N2. The third kappa shape index (κ3) is 5.26. The summed E-state index contributed by atoms with van der Waals surface area (Å²) in [6, 6.07) is 26.4. The summed E-state index contributed by atoms with van der Waals surface area (Å²) in [6.07, 6.45) is 7.14. The molecule has 3 rings (SSSR count). The minimum absolute atomic E-state index is 0.673. The van der Waals surface area contributed by atoms with Crippen molar-refractivity contribution in [3.8, 4) is 17.2 Å². The van der Waals surface area contributed by atoms with E-state index < -0.39 is 0 Å². The first kappa shape index (κ1) is 18.4. The lowest BCUT2D eigenvalue weighted by atomic mass is 10.0. The van der Waals surface area contributed by atoms with Gasteiger partial charge in [0, 0.05) is 6.21 Å². The Morgan fingerprint density at radius 3 is 2.07 bits per heavy atom. The summed E-state index contributed by atoms with van der Waals surface area (Å²) in [7, 11) is 0. The number of nitriles is 1. The number of hydrogen-bond acceptors (Lipinski definition) is 2. The molecule has 0 unspecified atom stereocenters. The normalized spacial score (nSPS) is 10.6. The summed E-state index contributed by atoms with van der Waals surface area (Å²) in [4.78, 5) is 4.56. The molecule has 0 radical (unpaired) electrons. The van der Waals surface area contributed by atoms with Crippen LogP contribution in [0, 0.1) is 11.3 Å². The van der Waals surface area contributed by atoms with Gasteiger partial charge >= 0.3 is 0 Å². The topological polar surface area (TPSA) is 36.1 Å². The zero-order chi connectivity index (χ0) is 18.9. The molecule has 0 aliphatic carbocycles. The van der Waals surface area contributed by atoms with Gasteiger partial charge in [-0.2, -0.15) is 5.26 Å². The van der Waals surface area contributed by atoms with Crippen molar-refractivity contribution in [1.82, 2.24) is 0 Å². The van der Waals surface area contributed by atoms with Crippen LogP contribution < -0.4 is 0 Å². The zero-order valence-electron chi connectivity index (χ0n) is 15.3. The van der Waals surface area contributed by atoms with Crippen LogP contribution in [0.4, 0.5) is 5.69 Å². The van der Waals surface area contributed by atoms with E-state index in [-0.39, 0.29) is 0 Å². The van der Waals surface area contributed by atoms with Crippen LogP contribution in [0.3, 0.4) is 0 Å². The lowest BCUT2D eigenvalue weighted by Crippen LogP contribution is -1.86. The Hall–Kier alpha value is -3.44. The maximum Gasteiger partial charge on any atom is 0.0991 e. The van der Waals surface area contributed by atoms with Crippen molar-refractivity contribution in [3.63, 3.8) is 0 Å². The molecule has 0 aliphatic rings. The monoisotopic (exact) mass is 350 g/mol. The molecule has 2 nitrogen and oxygen atoms in total. The predicted octanol–water partition coefficient (Wildman–Crippen LogP) is 6.48. The van der Waals surface area contributed by atoms with Gasteiger partial charge in [-0.15, -0.1) is 6.58 Å². The summed E-state index contributed by atoms with van der Waals surface area (Å²) in [5, 5.41) is 8.88. The smallest absolute Gasteiger partial charge is 0.0991 e. The average Bonchev–Trinajstić information content (AvgIpc) is 2.74. The van der Waals surface area contributed by atoms with Gasteiger partial charge in [0.05, 0.1) is 17.3 Å². The third-order valence-electron chi connectivity index (χ3n) is 4.43. The molecule has 0 atom stereocenters. The van der Waals surface area contributed by atoms with Gasteiger partial charge < -0.3 is 0 Å². The third-order valence-corrected chi connectivity index (χ3v) is 4.43. The summed E-state index contributed by atoms with van der Waals surface area (Å²) >= 11 is 0. The zero-order valence-corrected chi connectivity index (χ0v) is 15.3. The highest BCUT2D eigenvalue weighted by Gasteiger charge is 1.99. The van der Waals surface area contributed by atoms with Crippen LogP contribution in [0.2, 0.25) is 0 Å². The van der Waals surface area contributed by atoms with E-state index in [0.717, 1.165) is 41.6 Å². The number of aliphatic imine (C=N–C) groups is 1. The molecular weight excluding hydrogens is 328 g/mol. The second kappa shape index (κ2) is 9.31. The minimum Gasteiger partial charge on any atom is -0.256 e. The molecule has 0 amide bonds. The predicted molar refractivity (Wildman–Crippen MR) is 113 cm³/mol. The van der Waals surface area contributed by atoms with E-state index in [1.807, 2.05) is 48.7 Å². The van der Waals surface area contributed by atoms with Gasteiger partial charge in [-0.3, -0.25) is 4.99 Å². The molecule has 3 aromatic rings. The quantitative estimate of drug-likeness (QED) is 0.273. The highest BCUT2D eigenvalue weighted by molar-refractivity contribution is 5.82. The highest BCUT2D eigenvalue weighted by Crippen LogP contribution is 2.23. The summed E-state index contributed by atoms with van der Waals surface area (Å²) in [6.45, 7) is 3.76. The molecule has 0 spiro atoms. The van der Waals surface area contributed by atoms with E-state index in [0.29, 0.717) is 5.56 Å². The molecule has 0 aromatic heterocycles. The van der Waals surface area contributed by atoms with Crippen molar-refractivity contribution < 1.29 is 0 Å². The number of aryl methyl sites for hydroxylation is 1. The van der Waals surface area contributed by atoms with Crippen LogP contribution in [0.15, 0.2) is 90.4 Å². The Balaban J connectivity index is 1.63. The second-order valence-corrected chi connectivity index (χ2v) is 6.42. The van der Waals surface area contributed by atoms with E-state index in [2.05, 4.69) is 54.0 Å². The van der Waals surface area contributed by atoms with Crippen LogP contribution in [0.5, 0.6) is 0 Å². The lowest BCUT2D eigenvalue weighted by Gasteiger charge is -2.03. The Morgan fingerprint density at radius 1 is 0.852 bits per heavy atom. The van der Waals surface area contributed by atoms with Crippen LogP contribution in [-0.2, 0) is 6.42 Å². The maximum atomic E-state index is 8.88. The molecule has 27 heavy (non-hydrogen) atoms. The van der Waals surface area contributed by atoms with Crippen LogP contribution in [0.1, 0.15) is 29.5 Å². The molecule has 0 bridgehead atoms. The molecule has 0 heterocycles. The molecule has 0 fully saturated rings. The number of benzene rings is 3. The fourth-order valence-corrected chi connectivity index (χ4v) is 2.85. The van der Waals surface area contributed by atoms with Gasteiger partial charge in [0.15, 0.2) is 0 Å². The van der Waals surface area contributed by atoms with Crippen LogP contribution in [-0.4, -0.2) is 6.21 Å². The van der Waals surface area contributed by atoms with Gasteiger partial charge in [-0.25, -0.2) is 0 Å². The van der Waals surface area contributed by atoms with E-state index in [4.69, 9.17) is 5.26 Å². The molecule has 0 saturated carbocycles. The molecule has 132 valence electrons. The van der Waals surface area contributed by atoms with Gasteiger partial charge in [0.25, 0.3) is 0 Å². The first-order valence-electron chi connectivity index (χ1n) is 9.13. The summed E-state index contributed by atoms with van der Waals surface area (Å²) < 4.78 is 0. The van der Waals surface area contributed by atoms with Crippen molar-refractivity contribution in [3.05, 3.63) is 102 Å². The first-order valence-corrected chi connectivity index (χ1v) is 9.13. The maximum absolute atomic E-state index is 8.88. The van der Waals surface area contributed by atoms with Gasteiger partial charge in [0.2, 0.25) is 0 Å². The van der Waals surface area contributed by atoms with Crippen molar-refractivity contribution >= 4 is 11.9 Å². The number of hydrogen-bond donors (Lipinski definition) is 0. The van der Waals surface area contributed by atoms with E-state index in [1.54, 1.807) is 0 Å². The fraction of sp³-hybridized carbons (Fsp3) is 0.120. The van der Waals surface area contributed by atoms with Crippen molar-refractivity contribution in [1.29, 1.82) is 5.26 Å². The van der Waals surface area contributed by atoms with Crippen molar-refractivity contribution in [2.45, 2.75) is 19.3 Å². The Bertz CT molecular complexity index is 941. The van der Waals surface area contributed by atoms with Gasteiger partial charge in [-0.1, -0.05) is 54.6 Å². The Kier molecular flexibility index (Phi) is 6.33. The molecule has 0 N–H and O–H groups in total. The van der Waals surface area contributed by atoms with Crippen molar-refractivity contribution in [2.24, 2.45) is 4.99 Å². The number of nitrogens with zero attached hydrogens (tertiary/aromatic N) is 2. The van der Waals surface area contributed by atoms with Crippen molar-refractivity contribution in [2.75, 3.05) is 0 Å². The first-order chi connectivity index (χ1) is 13.3.